The van der Waals surface area contributed by atoms with Gasteiger partial charge in [-0.3, -0.25) is 9.59 Å². The van der Waals surface area contributed by atoms with E-state index in [2.05, 4.69) is 15.3 Å². The fourth-order valence-corrected chi connectivity index (χ4v) is 3.94. The van der Waals surface area contributed by atoms with Crippen molar-refractivity contribution in [2.75, 3.05) is 29.5 Å². The van der Waals surface area contributed by atoms with Crippen LogP contribution in [0.4, 0.5) is 11.4 Å². The summed E-state index contributed by atoms with van der Waals surface area (Å²) in [6.45, 7) is 4.07. The molecule has 2 atom stereocenters. The minimum Gasteiger partial charge on any atom is -0.357 e. The van der Waals surface area contributed by atoms with Crippen LogP contribution in [0.1, 0.15) is 18.9 Å². The van der Waals surface area contributed by atoms with E-state index in [1.807, 2.05) is 67.7 Å². The van der Waals surface area contributed by atoms with Crippen LogP contribution in [0.25, 0.3) is 0 Å². The monoisotopic (exact) mass is 390 g/mol. The average molecular weight is 390 g/mol. The predicted octanol–water partition coefficient (Wildman–Crippen LogP) is 2.64. The highest BCUT2D eigenvalue weighted by Gasteiger charge is 2.32. The molecule has 0 bridgehead atoms. The van der Waals surface area contributed by atoms with E-state index >= 15 is 0 Å². The van der Waals surface area contributed by atoms with Gasteiger partial charge in [-0.25, -0.2) is 0 Å². The number of rotatable bonds is 5. The van der Waals surface area contributed by atoms with Crippen molar-refractivity contribution >= 4 is 29.3 Å². The molecule has 6 heteroatoms. The third-order valence-corrected chi connectivity index (χ3v) is 5.43. The Morgan fingerprint density at radius 2 is 1.83 bits per heavy atom. The molecule has 4 rings (SSSR count). The number of nitrogens with one attached hydrogen (secondary N) is 1. The summed E-state index contributed by atoms with van der Waals surface area (Å²) in [6, 6.07) is 17.3. The van der Waals surface area contributed by atoms with E-state index in [-0.39, 0.29) is 23.7 Å². The Balaban J connectivity index is 1.63. The normalized spacial score (nSPS) is 22.0. The van der Waals surface area contributed by atoms with Gasteiger partial charge in [-0.2, -0.15) is 10.1 Å². The number of ketones is 1. The topological polar surface area (TPSA) is 65.0 Å². The van der Waals surface area contributed by atoms with Gasteiger partial charge in [-0.05, 0) is 17.7 Å². The molecular formula is C23H26N4O2. The van der Waals surface area contributed by atoms with Gasteiger partial charge in [0, 0.05) is 44.6 Å². The molecular weight excluding hydrogens is 364 g/mol. The molecule has 0 saturated carbocycles. The Kier molecular flexibility index (Phi) is 5.71. The number of hydrazone groups is 1. The van der Waals surface area contributed by atoms with Gasteiger partial charge >= 0.3 is 0 Å². The lowest BCUT2D eigenvalue weighted by Crippen LogP contribution is -2.56. The third-order valence-electron chi connectivity index (χ3n) is 5.43. The smallest absolute Gasteiger partial charge is 0.248 e. The molecule has 0 aromatic heterocycles. The Labute approximate surface area is 171 Å². The van der Waals surface area contributed by atoms with Crippen LogP contribution in [0.2, 0.25) is 0 Å². The molecule has 2 heterocycles. The molecule has 1 saturated heterocycles. The van der Waals surface area contributed by atoms with Crippen molar-refractivity contribution in [1.82, 2.24) is 5.32 Å². The molecule has 0 unspecified atom stereocenters. The maximum Gasteiger partial charge on any atom is 0.248 e. The fraction of sp³-hybridized carbons (Fsp3) is 0.348. The van der Waals surface area contributed by atoms with Crippen LogP contribution in [0.3, 0.4) is 0 Å². The molecule has 6 nitrogen and oxygen atoms in total. The molecule has 0 radical (unpaired) electrons. The first-order chi connectivity index (χ1) is 14.1. The Hall–Kier alpha value is -2.99. The van der Waals surface area contributed by atoms with E-state index in [4.69, 9.17) is 0 Å². The molecule has 150 valence electrons. The van der Waals surface area contributed by atoms with E-state index in [9.17, 15) is 9.59 Å². The van der Waals surface area contributed by atoms with Gasteiger partial charge in [0.15, 0.2) is 5.78 Å². The van der Waals surface area contributed by atoms with Crippen LogP contribution in [-0.2, 0) is 16.0 Å². The highest BCUT2D eigenvalue weighted by Crippen LogP contribution is 2.33. The number of benzene rings is 2. The van der Waals surface area contributed by atoms with E-state index in [0.29, 0.717) is 25.9 Å². The summed E-state index contributed by atoms with van der Waals surface area (Å²) in [6.07, 6.45) is 2.65. The van der Waals surface area contributed by atoms with Crippen molar-refractivity contribution in [2.24, 2.45) is 11.0 Å². The first-order valence-corrected chi connectivity index (χ1v) is 10.1. The second-order valence-electron chi connectivity index (χ2n) is 7.68. The first-order valence-electron chi connectivity index (χ1n) is 10.1. The Morgan fingerprint density at radius 1 is 1.10 bits per heavy atom. The van der Waals surface area contributed by atoms with Gasteiger partial charge in [0.2, 0.25) is 5.91 Å². The van der Waals surface area contributed by atoms with E-state index in [1.165, 1.54) is 5.01 Å². The molecule has 2 aliphatic heterocycles. The van der Waals surface area contributed by atoms with Crippen molar-refractivity contribution in [1.29, 1.82) is 0 Å². The third kappa shape index (κ3) is 4.22. The average Bonchev–Trinajstić information content (AvgIpc) is 2.74. The minimum atomic E-state index is -0.284. The quantitative estimate of drug-likeness (QED) is 0.852. The van der Waals surface area contributed by atoms with E-state index in [0.717, 1.165) is 23.5 Å². The second kappa shape index (κ2) is 8.57. The largest absolute Gasteiger partial charge is 0.357 e. The Bertz CT molecular complexity index is 912. The van der Waals surface area contributed by atoms with E-state index < -0.39 is 0 Å². The molecule has 1 N–H and O–H groups in total. The lowest BCUT2D eigenvalue weighted by atomic mass is 10.00. The molecule has 0 aliphatic carbocycles. The second-order valence-corrected chi connectivity index (χ2v) is 7.68. The molecule has 2 aromatic rings. The van der Waals surface area contributed by atoms with Gasteiger partial charge in [0.25, 0.3) is 0 Å². The number of carbonyl (C=O) groups excluding carboxylic acids is 2. The number of nitrogens with zero attached hydrogens (tertiary/aromatic N) is 3. The summed E-state index contributed by atoms with van der Waals surface area (Å²) in [5.74, 6) is 0.292. The highest BCUT2D eigenvalue weighted by atomic mass is 16.2. The number of Topliss-reactive ketones (excluding diaryl/α,β-unsaturated/α-hetero) is 1. The Morgan fingerprint density at radius 3 is 2.59 bits per heavy atom. The van der Waals surface area contributed by atoms with Crippen LogP contribution in [0.15, 0.2) is 59.7 Å². The number of hydrogen-bond acceptors (Lipinski definition) is 5. The summed E-state index contributed by atoms with van der Waals surface area (Å²) in [4.78, 5) is 27.9. The molecule has 1 amide bonds. The number of anilines is 2. The zero-order chi connectivity index (χ0) is 20.2. The SMILES string of the molecule is C[C@H]1C=NN(c2ccccc2N2CCNC[C@@H]2C(=O)Cc2ccccc2)C(=O)C1. The summed E-state index contributed by atoms with van der Waals surface area (Å²) >= 11 is 0. The lowest BCUT2D eigenvalue weighted by Gasteiger charge is -2.39. The van der Waals surface area contributed by atoms with Crippen LogP contribution in [0, 0.1) is 5.92 Å². The fourth-order valence-electron chi connectivity index (χ4n) is 3.94. The van der Waals surface area contributed by atoms with Crippen molar-refractivity contribution in [3.05, 3.63) is 60.2 Å². The summed E-state index contributed by atoms with van der Waals surface area (Å²) in [5.41, 5.74) is 2.63. The first kappa shape index (κ1) is 19.3. The van der Waals surface area contributed by atoms with Crippen molar-refractivity contribution in [3.8, 4) is 0 Å². The zero-order valence-corrected chi connectivity index (χ0v) is 16.6. The van der Waals surface area contributed by atoms with Crippen LogP contribution < -0.4 is 15.2 Å². The number of para-hydroxylation sites is 2. The number of piperazine rings is 1. The van der Waals surface area contributed by atoms with Gasteiger partial charge < -0.3 is 10.2 Å². The van der Waals surface area contributed by atoms with Gasteiger partial charge in [-0.1, -0.05) is 49.4 Å². The zero-order valence-electron chi connectivity index (χ0n) is 16.6. The molecule has 0 spiro atoms. The lowest BCUT2D eigenvalue weighted by molar-refractivity contribution is -0.120. The number of amides is 1. The van der Waals surface area contributed by atoms with Crippen LogP contribution in [-0.4, -0.2) is 43.6 Å². The van der Waals surface area contributed by atoms with E-state index in [1.54, 1.807) is 0 Å². The van der Waals surface area contributed by atoms with Gasteiger partial charge in [0.05, 0.1) is 11.4 Å². The van der Waals surface area contributed by atoms with Crippen molar-refractivity contribution in [2.45, 2.75) is 25.8 Å². The number of carbonyl (C=O) groups is 2. The molecule has 29 heavy (non-hydrogen) atoms. The maximum absolute atomic E-state index is 13.2. The minimum absolute atomic E-state index is 0.0188. The summed E-state index contributed by atoms with van der Waals surface area (Å²) in [7, 11) is 0. The standard InChI is InChI=1S/C23H26N4O2/c1-17-13-23(29)27(25-15-17)20-10-6-5-9-19(20)26-12-11-24-16-21(26)22(28)14-18-7-3-2-4-8-18/h2-10,15,17,21,24H,11-14,16H2,1H3/t17-,21-/m1/s1. The molecule has 2 aromatic carbocycles. The summed E-state index contributed by atoms with van der Waals surface area (Å²) < 4.78 is 0. The maximum atomic E-state index is 13.2. The van der Waals surface area contributed by atoms with Crippen LogP contribution in [0.5, 0.6) is 0 Å². The van der Waals surface area contributed by atoms with Gasteiger partial charge in [0.1, 0.15) is 6.04 Å². The highest BCUT2D eigenvalue weighted by molar-refractivity contribution is 6.01. The van der Waals surface area contributed by atoms with Crippen molar-refractivity contribution < 1.29 is 9.59 Å². The van der Waals surface area contributed by atoms with Crippen LogP contribution >= 0.6 is 0 Å². The molecule has 1 fully saturated rings. The summed E-state index contributed by atoms with van der Waals surface area (Å²) in [5, 5.41) is 9.21. The van der Waals surface area contributed by atoms with Crippen molar-refractivity contribution in [3.63, 3.8) is 0 Å². The predicted molar refractivity (Wildman–Crippen MR) is 115 cm³/mol. The number of hydrogen-bond donors (Lipinski definition) is 1. The van der Waals surface area contributed by atoms with Gasteiger partial charge in [-0.15, -0.1) is 0 Å². The molecule has 2 aliphatic rings.